The number of likely N-dealkylation sites (tertiary alicyclic amines) is 1. The van der Waals surface area contributed by atoms with Crippen molar-refractivity contribution >= 4 is 5.97 Å². The zero-order chi connectivity index (χ0) is 16.2. The van der Waals surface area contributed by atoms with Crippen LogP contribution in [-0.4, -0.2) is 39.8 Å². The van der Waals surface area contributed by atoms with Gasteiger partial charge >= 0.3 is 5.97 Å². The van der Waals surface area contributed by atoms with Gasteiger partial charge in [-0.05, 0) is 18.6 Å². The second kappa shape index (κ2) is 6.83. The number of hydrogen-bond donors (Lipinski definition) is 1. The van der Waals surface area contributed by atoms with Gasteiger partial charge in [0, 0.05) is 25.1 Å². The minimum absolute atomic E-state index is 0.136. The molecule has 3 rings (SSSR count). The van der Waals surface area contributed by atoms with Crippen LogP contribution in [0.5, 0.6) is 5.75 Å². The summed E-state index contributed by atoms with van der Waals surface area (Å²) in [5, 5.41) is 13.4. The van der Waals surface area contributed by atoms with Gasteiger partial charge in [0.2, 0.25) is 0 Å². The van der Waals surface area contributed by atoms with E-state index in [1.54, 1.807) is 6.26 Å². The van der Waals surface area contributed by atoms with Gasteiger partial charge in [-0.25, -0.2) is 0 Å². The van der Waals surface area contributed by atoms with Crippen LogP contribution in [0.15, 0.2) is 41.1 Å². The highest BCUT2D eigenvalue weighted by atomic mass is 16.5. The Balaban J connectivity index is 1.70. The lowest BCUT2D eigenvalue weighted by atomic mass is 10.1. The predicted molar refractivity (Wildman–Crippen MR) is 83.2 cm³/mol. The first-order chi connectivity index (χ1) is 11.2. The topological polar surface area (TPSA) is 75.8 Å². The molecule has 1 aromatic carbocycles. The molecule has 1 N–H and O–H groups in total. The van der Waals surface area contributed by atoms with E-state index in [-0.39, 0.29) is 6.10 Å². The van der Waals surface area contributed by atoms with Crippen LogP contribution >= 0.6 is 0 Å². The zero-order valence-electron chi connectivity index (χ0n) is 13.0. The van der Waals surface area contributed by atoms with Crippen LogP contribution in [0.3, 0.4) is 0 Å². The summed E-state index contributed by atoms with van der Waals surface area (Å²) in [7, 11) is 0. The minimum Gasteiger partial charge on any atom is -0.489 e. The number of rotatable bonds is 6. The van der Waals surface area contributed by atoms with E-state index >= 15 is 0 Å². The maximum Gasteiger partial charge on any atom is 0.321 e. The number of para-hydroxylation sites is 1. The molecule has 6 heteroatoms. The third-order valence-corrected chi connectivity index (χ3v) is 4.13. The number of carbonyl (C=O) groups is 1. The van der Waals surface area contributed by atoms with Crippen LogP contribution in [0.25, 0.3) is 0 Å². The standard InChI is InChI=1S/C17H20N2O4/c1-2-15-12(11-22-18-15)9-19-10-14(8-16(19)17(20)21)23-13-6-4-3-5-7-13/h3-7,11,14,16H,2,8-10H2,1H3,(H,20,21)/t14-,16-/m0/s1. The zero-order valence-corrected chi connectivity index (χ0v) is 13.0. The molecule has 0 saturated carbocycles. The largest absolute Gasteiger partial charge is 0.489 e. The molecule has 1 aliphatic heterocycles. The SMILES string of the molecule is CCc1nocc1CN1C[C@@H](Oc2ccccc2)C[C@H]1C(=O)O. The summed E-state index contributed by atoms with van der Waals surface area (Å²) in [6.45, 7) is 3.08. The number of nitrogens with zero attached hydrogens (tertiary/aromatic N) is 2. The van der Waals surface area contributed by atoms with Crippen molar-refractivity contribution in [3.63, 3.8) is 0 Å². The Kier molecular flexibility index (Phi) is 4.62. The molecule has 0 aliphatic carbocycles. The lowest BCUT2D eigenvalue weighted by Crippen LogP contribution is -2.35. The number of aromatic nitrogens is 1. The summed E-state index contributed by atoms with van der Waals surface area (Å²) in [4.78, 5) is 13.5. The van der Waals surface area contributed by atoms with Crippen LogP contribution < -0.4 is 4.74 Å². The molecule has 122 valence electrons. The van der Waals surface area contributed by atoms with E-state index < -0.39 is 12.0 Å². The average Bonchev–Trinajstić information content (AvgIpc) is 3.15. The molecule has 2 heterocycles. The van der Waals surface area contributed by atoms with Crippen molar-refractivity contribution < 1.29 is 19.2 Å². The fraction of sp³-hybridized carbons (Fsp3) is 0.412. The molecule has 23 heavy (non-hydrogen) atoms. The highest BCUT2D eigenvalue weighted by molar-refractivity contribution is 5.74. The third-order valence-electron chi connectivity index (χ3n) is 4.13. The second-order valence-corrected chi connectivity index (χ2v) is 5.71. The van der Waals surface area contributed by atoms with Crippen LogP contribution in [0.1, 0.15) is 24.6 Å². The second-order valence-electron chi connectivity index (χ2n) is 5.71. The fourth-order valence-electron chi connectivity index (χ4n) is 2.99. The van der Waals surface area contributed by atoms with Crippen LogP contribution in [-0.2, 0) is 17.8 Å². The van der Waals surface area contributed by atoms with Gasteiger partial charge in [0.15, 0.2) is 0 Å². The maximum absolute atomic E-state index is 11.6. The molecule has 0 unspecified atom stereocenters. The van der Waals surface area contributed by atoms with Crippen molar-refractivity contribution in [3.05, 3.63) is 47.9 Å². The summed E-state index contributed by atoms with van der Waals surface area (Å²) in [5.41, 5.74) is 1.82. The van der Waals surface area contributed by atoms with Crippen molar-refractivity contribution in [2.45, 2.75) is 38.5 Å². The molecule has 0 radical (unpaired) electrons. The first-order valence-corrected chi connectivity index (χ1v) is 7.78. The molecule has 2 atom stereocenters. The van der Waals surface area contributed by atoms with E-state index in [0.29, 0.717) is 19.5 Å². The Labute approximate surface area is 134 Å². The van der Waals surface area contributed by atoms with Crippen LogP contribution in [0.2, 0.25) is 0 Å². The Bertz CT molecular complexity index is 656. The van der Waals surface area contributed by atoms with E-state index in [0.717, 1.165) is 23.4 Å². The molecule has 1 fully saturated rings. The molecule has 1 saturated heterocycles. The van der Waals surface area contributed by atoms with E-state index in [1.807, 2.05) is 42.2 Å². The van der Waals surface area contributed by atoms with Crippen LogP contribution in [0.4, 0.5) is 0 Å². The Morgan fingerprint density at radius 1 is 1.43 bits per heavy atom. The van der Waals surface area contributed by atoms with E-state index in [2.05, 4.69) is 5.16 Å². The van der Waals surface area contributed by atoms with Gasteiger partial charge in [-0.1, -0.05) is 30.3 Å². The molecule has 1 aromatic heterocycles. The molecular weight excluding hydrogens is 296 g/mol. The minimum atomic E-state index is -0.821. The van der Waals surface area contributed by atoms with Gasteiger partial charge in [0.05, 0.1) is 5.69 Å². The number of aliphatic carboxylic acids is 1. The van der Waals surface area contributed by atoms with Gasteiger partial charge in [-0.3, -0.25) is 9.69 Å². The lowest BCUT2D eigenvalue weighted by Gasteiger charge is -2.20. The van der Waals surface area contributed by atoms with Crippen molar-refractivity contribution in [3.8, 4) is 5.75 Å². The molecule has 1 aliphatic rings. The maximum atomic E-state index is 11.6. The van der Waals surface area contributed by atoms with Crippen molar-refractivity contribution in [2.24, 2.45) is 0 Å². The van der Waals surface area contributed by atoms with E-state index in [4.69, 9.17) is 9.26 Å². The Morgan fingerprint density at radius 3 is 2.91 bits per heavy atom. The number of carboxylic acids is 1. The monoisotopic (exact) mass is 316 g/mol. The first kappa shape index (κ1) is 15.6. The van der Waals surface area contributed by atoms with Gasteiger partial charge in [-0.15, -0.1) is 0 Å². The average molecular weight is 316 g/mol. The van der Waals surface area contributed by atoms with Crippen molar-refractivity contribution in [1.29, 1.82) is 0 Å². The molecule has 0 bridgehead atoms. The summed E-state index contributed by atoms with van der Waals surface area (Å²) < 4.78 is 10.9. The normalized spacial score (nSPS) is 21.4. The number of carboxylic acid groups (broad SMARTS) is 1. The van der Waals surface area contributed by atoms with E-state index in [9.17, 15) is 9.90 Å². The summed E-state index contributed by atoms with van der Waals surface area (Å²) in [6.07, 6.45) is 2.70. The molecule has 6 nitrogen and oxygen atoms in total. The highest BCUT2D eigenvalue weighted by Gasteiger charge is 2.38. The van der Waals surface area contributed by atoms with Gasteiger partial charge < -0.3 is 14.4 Å². The smallest absolute Gasteiger partial charge is 0.321 e. The van der Waals surface area contributed by atoms with Crippen molar-refractivity contribution in [2.75, 3.05) is 6.54 Å². The lowest BCUT2D eigenvalue weighted by molar-refractivity contribution is -0.142. The third kappa shape index (κ3) is 3.53. The van der Waals surface area contributed by atoms with Gasteiger partial charge in [-0.2, -0.15) is 0 Å². The van der Waals surface area contributed by atoms with Gasteiger partial charge in [0.1, 0.15) is 24.2 Å². The number of hydrogen-bond acceptors (Lipinski definition) is 5. The molecule has 0 spiro atoms. The highest BCUT2D eigenvalue weighted by Crippen LogP contribution is 2.25. The molecule has 0 amide bonds. The number of aryl methyl sites for hydroxylation is 1. The summed E-state index contributed by atoms with van der Waals surface area (Å²) in [5.74, 6) is -0.0543. The Hall–Kier alpha value is -2.34. The van der Waals surface area contributed by atoms with E-state index in [1.165, 1.54) is 0 Å². The number of benzene rings is 1. The molecular formula is C17H20N2O4. The first-order valence-electron chi connectivity index (χ1n) is 7.78. The Morgan fingerprint density at radius 2 is 2.22 bits per heavy atom. The van der Waals surface area contributed by atoms with Crippen molar-refractivity contribution in [1.82, 2.24) is 10.1 Å². The summed E-state index contributed by atoms with van der Waals surface area (Å²) >= 11 is 0. The quantitative estimate of drug-likeness (QED) is 0.881. The van der Waals surface area contributed by atoms with Crippen LogP contribution in [0, 0.1) is 0 Å². The number of ether oxygens (including phenoxy) is 1. The summed E-state index contributed by atoms with van der Waals surface area (Å²) in [6, 6.07) is 8.94. The fourth-order valence-corrected chi connectivity index (χ4v) is 2.99. The predicted octanol–water partition coefficient (Wildman–Crippen LogP) is 2.34. The van der Waals surface area contributed by atoms with Gasteiger partial charge in [0.25, 0.3) is 0 Å². The molecule has 2 aromatic rings.